The Hall–Kier alpha value is -2.56. The summed E-state index contributed by atoms with van der Waals surface area (Å²) < 4.78 is 73.9. The molecular formula is C18H19ClF5N5O. The van der Waals surface area contributed by atoms with Crippen molar-refractivity contribution in [3.63, 3.8) is 0 Å². The van der Waals surface area contributed by atoms with Crippen LogP contribution in [0.5, 0.6) is 0 Å². The maximum Gasteiger partial charge on any atom is 0.310 e. The predicted molar refractivity (Wildman–Crippen MR) is 102 cm³/mol. The number of ether oxygens (including phenoxy) is 1. The quantitative estimate of drug-likeness (QED) is 0.628. The molecule has 30 heavy (non-hydrogen) atoms. The number of alkyl halides is 4. The first-order chi connectivity index (χ1) is 14.0. The summed E-state index contributed by atoms with van der Waals surface area (Å²) in [5.41, 5.74) is 3.60. The molecule has 1 aliphatic rings. The van der Waals surface area contributed by atoms with E-state index in [1.54, 1.807) is 0 Å². The fourth-order valence-electron chi connectivity index (χ4n) is 3.07. The minimum absolute atomic E-state index is 0.233. The molecular weight excluding hydrogens is 433 g/mol. The molecule has 6 nitrogen and oxygen atoms in total. The van der Waals surface area contributed by atoms with Crippen LogP contribution in [-0.4, -0.2) is 41.3 Å². The van der Waals surface area contributed by atoms with Gasteiger partial charge in [0.15, 0.2) is 12.1 Å². The van der Waals surface area contributed by atoms with E-state index in [1.807, 2.05) is 0 Å². The van der Waals surface area contributed by atoms with E-state index >= 15 is 0 Å². The van der Waals surface area contributed by atoms with Crippen LogP contribution in [0, 0.1) is 5.82 Å². The largest absolute Gasteiger partial charge is 0.459 e. The summed E-state index contributed by atoms with van der Waals surface area (Å²) in [6, 6.07) is 3.20. The summed E-state index contributed by atoms with van der Waals surface area (Å²) in [5.74, 6) is -4.35. The first kappa shape index (κ1) is 22.1. The van der Waals surface area contributed by atoms with E-state index in [0.29, 0.717) is 11.4 Å². The Bertz CT molecular complexity index is 951. The first-order valence-electron chi connectivity index (χ1n) is 8.91. The van der Waals surface area contributed by atoms with Crippen molar-refractivity contribution in [1.29, 1.82) is 0 Å². The van der Waals surface area contributed by atoms with Crippen molar-refractivity contribution < 1.29 is 26.7 Å². The Morgan fingerprint density at radius 1 is 1.37 bits per heavy atom. The second kappa shape index (κ2) is 8.29. The number of aliphatic imine (C=N–C) groups is 1. The number of hydrogen-bond acceptors (Lipinski definition) is 5. The Morgan fingerprint density at radius 3 is 2.80 bits per heavy atom. The number of hydrogen-bond donors (Lipinski definition) is 2. The molecule has 0 saturated carbocycles. The van der Waals surface area contributed by atoms with Crippen molar-refractivity contribution in [1.82, 2.24) is 9.78 Å². The van der Waals surface area contributed by atoms with Gasteiger partial charge in [0, 0.05) is 30.4 Å². The third-order valence-corrected chi connectivity index (χ3v) is 5.06. The predicted octanol–water partition coefficient (Wildman–Crippen LogP) is 3.79. The number of amidine groups is 1. The number of anilines is 1. The molecule has 1 atom stereocenters. The lowest BCUT2D eigenvalue weighted by Crippen LogP contribution is -2.51. The van der Waals surface area contributed by atoms with Crippen molar-refractivity contribution in [2.24, 2.45) is 10.7 Å². The summed E-state index contributed by atoms with van der Waals surface area (Å²) in [4.78, 5) is 3.67. The third-order valence-electron chi connectivity index (χ3n) is 4.74. The van der Waals surface area contributed by atoms with Crippen LogP contribution in [0.2, 0.25) is 5.02 Å². The average molecular weight is 452 g/mol. The zero-order valence-electron chi connectivity index (χ0n) is 15.8. The van der Waals surface area contributed by atoms with Crippen LogP contribution in [0.4, 0.5) is 27.6 Å². The van der Waals surface area contributed by atoms with Gasteiger partial charge in [0.05, 0.1) is 10.7 Å². The SMILES string of the molecule is C[C@]1(c2cc(NCCc3nn(CC(F)F)cc3Cl)ccc2F)N=C(N)OCC1(F)F. The monoisotopic (exact) mass is 451 g/mol. The second-order valence-corrected chi connectivity index (χ2v) is 7.33. The topological polar surface area (TPSA) is 77.5 Å². The van der Waals surface area contributed by atoms with Crippen LogP contribution < -0.4 is 11.1 Å². The van der Waals surface area contributed by atoms with E-state index < -0.39 is 42.9 Å². The van der Waals surface area contributed by atoms with Gasteiger partial charge in [-0.25, -0.2) is 18.2 Å². The van der Waals surface area contributed by atoms with Gasteiger partial charge < -0.3 is 15.8 Å². The van der Waals surface area contributed by atoms with Crippen molar-refractivity contribution in [3.05, 3.63) is 46.5 Å². The van der Waals surface area contributed by atoms with Gasteiger partial charge in [-0.2, -0.15) is 13.9 Å². The number of nitrogens with one attached hydrogen (secondary N) is 1. The molecule has 0 saturated heterocycles. The summed E-state index contributed by atoms with van der Waals surface area (Å²) >= 11 is 5.99. The van der Waals surface area contributed by atoms with Gasteiger partial charge in [-0.1, -0.05) is 11.6 Å². The van der Waals surface area contributed by atoms with Crippen molar-refractivity contribution in [2.75, 3.05) is 18.5 Å². The molecule has 0 aliphatic carbocycles. The highest BCUT2D eigenvalue weighted by atomic mass is 35.5. The van der Waals surface area contributed by atoms with E-state index in [4.69, 9.17) is 17.3 Å². The van der Waals surface area contributed by atoms with Crippen LogP contribution in [0.25, 0.3) is 0 Å². The van der Waals surface area contributed by atoms with Crippen LogP contribution in [-0.2, 0) is 23.2 Å². The maximum atomic E-state index is 14.5. The zero-order valence-corrected chi connectivity index (χ0v) is 16.6. The van der Waals surface area contributed by atoms with Gasteiger partial charge >= 0.3 is 5.92 Å². The molecule has 0 unspecified atom stereocenters. The molecule has 0 bridgehead atoms. The molecule has 0 radical (unpaired) electrons. The molecule has 3 rings (SSSR count). The number of halogens is 6. The zero-order chi connectivity index (χ0) is 22.1. The highest BCUT2D eigenvalue weighted by molar-refractivity contribution is 6.31. The Morgan fingerprint density at radius 2 is 2.10 bits per heavy atom. The maximum absolute atomic E-state index is 14.5. The van der Waals surface area contributed by atoms with E-state index in [9.17, 15) is 22.0 Å². The molecule has 1 aliphatic heterocycles. The Balaban J connectivity index is 1.75. The lowest BCUT2D eigenvalue weighted by Gasteiger charge is -2.37. The van der Waals surface area contributed by atoms with E-state index in [1.165, 1.54) is 18.3 Å². The van der Waals surface area contributed by atoms with Gasteiger partial charge in [0.2, 0.25) is 0 Å². The number of nitrogens with two attached hydrogens (primary N) is 1. The van der Waals surface area contributed by atoms with Crippen molar-refractivity contribution in [3.8, 4) is 0 Å². The lowest BCUT2D eigenvalue weighted by molar-refractivity contribution is -0.117. The summed E-state index contributed by atoms with van der Waals surface area (Å²) in [6.45, 7) is -0.261. The summed E-state index contributed by atoms with van der Waals surface area (Å²) in [5, 5.41) is 7.17. The molecule has 0 fully saturated rings. The number of aromatic nitrogens is 2. The molecule has 1 aromatic heterocycles. The van der Waals surface area contributed by atoms with Gasteiger partial charge in [0.25, 0.3) is 12.4 Å². The van der Waals surface area contributed by atoms with Gasteiger partial charge in [-0.3, -0.25) is 4.68 Å². The minimum Gasteiger partial charge on any atom is -0.459 e. The molecule has 164 valence electrons. The van der Waals surface area contributed by atoms with Crippen molar-refractivity contribution >= 4 is 23.3 Å². The molecule has 1 aromatic carbocycles. The molecule has 2 heterocycles. The molecule has 0 spiro atoms. The standard InChI is InChI=1S/C18H19ClF5N5O/c1-17(18(23,24)9-30-16(25)27-17)11-6-10(2-3-13(11)20)26-5-4-14-12(19)7-29(28-14)8-15(21)22/h2-3,6-7,15,26H,4-5,8-9H2,1H3,(H2,25,27)/t17-/m1/s1. The van der Waals surface area contributed by atoms with Crippen molar-refractivity contribution in [2.45, 2.75) is 37.8 Å². The number of benzene rings is 1. The minimum atomic E-state index is -3.49. The Kier molecular flexibility index (Phi) is 6.11. The second-order valence-electron chi connectivity index (χ2n) is 6.92. The third kappa shape index (κ3) is 4.45. The lowest BCUT2D eigenvalue weighted by atomic mass is 9.85. The fraction of sp³-hybridized carbons (Fsp3) is 0.444. The normalized spacial score (nSPS) is 20.7. The summed E-state index contributed by atoms with van der Waals surface area (Å²) in [6.07, 6.45) is -0.991. The van der Waals surface area contributed by atoms with Crippen LogP contribution in [0.1, 0.15) is 18.2 Å². The molecule has 12 heteroatoms. The van der Waals surface area contributed by atoms with E-state index in [-0.39, 0.29) is 23.6 Å². The molecule has 2 aromatic rings. The molecule has 3 N–H and O–H groups in total. The van der Waals surface area contributed by atoms with Gasteiger partial charge in [0.1, 0.15) is 12.4 Å². The number of nitrogens with zero attached hydrogens (tertiary/aromatic N) is 3. The van der Waals surface area contributed by atoms with Crippen LogP contribution >= 0.6 is 11.6 Å². The van der Waals surface area contributed by atoms with E-state index in [0.717, 1.165) is 17.7 Å². The first-order valence-corrected chi connectivity index (χ1v) is 9.29. The highest BCUT2D eigenvalue weighted by Crippen LogP contribution is 2.44. The average Bonchev–Trinajstić information content (AvgIpc) is 2.98. The molecule has 0 amide bonds. The fourth-order valence-corrected chi connectivity index (χ4v) is 3.32. The summed E-state index contributed by atoms with van der Waals surface area (Å²) in [7, 11) is 0. The van der Waals surface area contributed by atoms with Crippen LogP contribution in [0.3, 0.4) is 0 Å². The van der Waals surface area contributed by atoms with E-state index in [2.05, 4.69) is 20.1 Å². The number of rotatable bonds is 7. The van der Waals surface area contributed by atoms with Gasteiger partial charge in [-0.05, 0) is 25.1 Å². The van der Waals surface area contributed by atoms with Gasteiger partial charge in [-0.15, -0.1) is 0 Å². The Labute approximate surface area is 173 Å². The highest BCUT2D eigenvalue weighted by Gasteiger charge is 2.56. The van der Waals surface area contributed by atoms with Crippen LogP contribution in [0.15, 0.2) is 29.4 Å². The smallest absolute Gasteiger partial charge is 0.310 e.